The van der Waals surface area contributed by atoms with Crippen LogP contribution in [0.4, 0.5) is 11.4 Å². The summed E-state index contributed by atoms with van der Waals surface area (Å²) in [6, 6.07) is 12.3. The third-order valence-corrected chi connectivity index (χ3v) is 4.80. The Bertz CT molecular complexity index is 703. The molecule has 0 bridgehead atoms. The Hall–Kier alpha value is -2.36. The zero-order valence-electron chi connectivity index (χ0n) is 15.1. The van der Waals surface area contributed by atoms with Crippen LogP contribution in [0.1, 0.15) is 67.9 Å². The van der Waals surface area contributed by atoms with Crippen LogP contribution in [0.15, 0.2) is 42.6 Å². The third kappa shape index (κ3) is 4.81. The maximum absolute atomic E-state index is 12.5. The number of hydrogen-bond acceptors (Lipinski definition) is 3. The molecule has 0 aliphatic heterocycles. The van der Waals surface area contributed by atoms with Gasteiger partial charge in [-0.25, -0.2) is 0 Å². The van der Waals surface area contributed by atoms with Crippen molar-refractivity contribution in [3.05, 3.63) is 53.9 Å². The first-order valence-electron chi connectivity index (χ1n) is 9.26. The van der Waals surface area contributed by atoms with Gasteiger partial charge in [0.05, 0.1) is 0 Å². The first-order valence-corrected chi connectivity index (χ1v) is 9.26. The van der Waals surface area contributed by atoms with Crippen LogP contribution in [0.5, 0.6) is 0 Å². The molecule has 0 atom stereocenters. The predicted octanol–water partition coefficient (Wildman–Crippen LogP) is 5.20. The number of nitrogens with one attached hydrogen (secondary N) is 2. The second-order valence-electron chi connectivity index (χ2n) is 7.14. The van der Waals surface area contributed by atoms with Crippen molar-refractivity contribution in [1.82, 2.24) is 4.98 Å². The van der Waals surface area contributed by atoms with Crippen molar-refractivity contribution in [2.24, 2.45) is 0 Å². The Morgan fingerprint density at radius 2 is 1.76 bits per heavy atom. The Kier molecular flexibility index (Phi) is 5.69. The minimum atomic E-state index is -0.176. The van der Waals surface area contributed by atoms with Crippen LogP contribution in [0.2, 0.25) is 0 Å². The fraction of sp³-hybridized carbons (Fsp3) is 0.429. The lowest BCUT2D eigenvalue weighted by Gasteiger charge is -2.23. The normalized spacial score (nSPS) is 15.2. The molecule has 2 N–H and O–H groups in total. The van der Waals surface area contributed by atoms with Gasteiger partial charge in [0.25, 0.3) is 5.91 Å². The second kappa shape index (κ2) is 8.15. The fourth-order valence-electron chi connectivity index (χ4n) is 3.27. The number of benzene rings is 1. The van der Waals surface area contributed by atoms with Crippen LogP contribution in [0.3, 0.4) is 0 Å². The van der Waals surface area contributed by atoms with Crippen molar-refractivity contribution < 1.29 is 4.79 Å². The van der Waals surface area contributed by atoms with E-state index in [0.717, 1.165) is 11.4 Å². The number of hydrogen-bond donors (Lipinski definition) is 2. The molecule has 1 fully saturated rings. The average molecular weight is 337 g/mol. The highest BCUT2D eigenvalue weighted by Crippen LogP contribution is 2.22. The predicted molar refractivity (Wildman–Crippen MR) is 103 cm³/mol. The molecule has 1 aromatic carbocycles. The third-order valence-electron chi connectivity index (χ3n) is 4.80. The SMILES string of the molecule is CC(C)c1ccc(NC(=O)c2cc(NC3CCCCC3)ccn2)cc1. The highest BCUT2D eigenvalue weighted by molar-refractivity contribution is 6.03. The molecule has 3 rings (SSSR count). The number of rotatable bonds is 5. The molecule has 1 aromatic heterocycles. The van der Waals surface area contributed by atoms with Gasteiger partial charge in [0.1, 0.15) is 5.69 Å². The van der Waals surface area contributed by atoms with Crippen molar-refractivity contribution in [3.63, 3.8) is 0 Å². The van der Waals surface area contributed by atoms with Gasteiger partial charge in [0.2, 0.25) is 0 Å². The number of anilines is 2. The van der Waals surface area contributed by atoms with E-state index in [2.05, 4.69) is 41.6 Å². The fourth-order valence-corrected chi connectivity index (χ4v) is 3.27. The topological polar surface area (TPSA) is 54.0 Å². The molecular formula is C21H27N3O. The lowest BCUT2D eigenvalue weighted by atomic mass is 9.95. The first-order chi connectivity index (χ1) is 12.1. The molecular weight excluding hydrogens is 310 g/mol. The quantitative estimate of drug-likeness (QED) is 0.788. The minimum Gasteiger partial charge on any atom is -0.382 e. The van der Waals surface area contributed by atoms with E-state index in [1.165, 1.54) is 37.7 Å². The number of carbonyl (C=O) groups is 1. The summed E-state index contributed by atoms with van der Waals surface area (Å²) < 4.78 is 0. The largest absolute Gasteiger partial charge is 0.382 e. The maximum atomic E-state index is 12.5. The average Bonchev–Trinajstić information content (AvgIpc) is 2.63. The van der Waals surface area contributed by atoms with E-state index in [9.17, 15) is 4.79 Å². The molecule has 132 valence electrons. The monoisotopic (exact) mass is 337 g/mol. The van der Waals surface area contributed by atoms with Gasteiger partial charge in [-0.1, -0.05) is 45.2 Å². The summed E-state index contributed by atoms with van der Waals surface area (Å²) in [5, 5.41) is 6.47. The van der Waals surface area contributed by atoms with Gasteiger partial charge in [0, 0.05) is 23.6 Å². The molecule has 1 aliphatic carbocycles. The molecule has 1 amide bonds. The van der Waals surface area contributed by atoms with Gasteiger partial charge in [-0.3, -0.25) is 9.78 Å². The van der Waals surface area contributed by atoms with Crippen LogP contribution in [-0.2, 0) is 0 Å². The molecule has 2 aromatic rings. The van der Waals surface area contributed by atoms with E-state index in [1.54, 1.807) is 6.20 Å². The van der Waals surface area contributed by atoms with E-state index in [-0.39, 0.29) is 5.91 Å². The molecule has 4 nitrogen and oxygen atoms in total. The molecule has 25 heavy (non-hydrogen) atoms. The van der Waals surface area contributed by atoms with E-state index >= 15 is 0 Å². The standard InChI is InChI=1S/C21H27N3O/c1-15(2)16-8-10-18(11-9-16)24-21(25)20-14-19(12-13-22-20)23-17-6-4-3-5-7-17/h8-15,17H,3-7H2,1-2H3,(H,22,23)(H,24,25). The van der Waals surface area contributed by atoms with Gasteiger partial charge >= 0.3 is 0 Å². The lowest BCUT2D eigenvalue weighted by Crippen LogP contribution is -2.22. The van der Waals surface area contributed by atoms with E-state index < -0.39 is 0 Å². The molecule has 0 spiro atoms. The highest BCUT2D eigenvalue weighted by Gasteiger charge is 2.14. The molecule has 1 saturated carbocycles. The van der Waals surface area contributed by atoms with Crippen molar-refractivity contribution in [2.75, 3.05) is 10.6 Å². The first kappa shape index (κ1) is 17.5. The zero-order valence-corrected chi connectivity index (χ0v) is 15.1. The van der Waals surface area contributed by atoms with Gasteiger partial charge in [-0.15, -0.1) is 0 Å². The minimum absolute atomic E-state index is 0.176. The second-order valence-corrected chi connectivity index (χ2v) is 7.14. The number of carbonyl (C=O) groups excluding carboxylic acids is 1. The van der Waals surface area contributed by atoms with Gasteiger partial charge < -0.3 is 10.6 Å². The van der Waals surface area contributed by atoms with Crippen LogP contribution in [0, 0.1) is 0 Å². The van der Waals surface area contributed by atoms with Gasteiger partial charge in [-0.05, 0) is 48.6 Å². The maximum Gasteiger partial charge on any atom is 0.274 e. The van der Waals surface area contributed by atoms with E-state index in [1.807, 2.05) is 24.3 Å². The van der Waals surface area contributed by atoms with Crippen molar-refractivity contribution in [3.8, 4) is 0 Å². The van der Waals surface area contributed by atoms with Gasteiger partial charge in [0.15, 0.2) is 0 Å². The summed E-state index contributed by atoms with van der Waals surface area (Å²) in [6.07, 6.45) is 7.99. The van der Waals surface area contributed by atoms with Crippen LogP contribution in [0.25, 0.3) is 0 Å². The zero-order chi connectivity index (χ0) is 17.6. The summed E-state index contributed by atoms with van der Waals surface area (Å²) >= 11 is 0. The van der Waals surface area contributed by atoms with E-state index in [0.29, 0.717) is 17.7 Å². The summed E-state index contributed by atoms with van der Waals surface area (Å²) in [5.41, 5.74) is 3.47. The summed E-state index contributed by atoms with van der Waals surface area (Å²) in [4.78, 5) is 16.7. The Morgan fingerprint density at radius 3 is 2.44 bits per heavy atom. The number of amides is 1. The molecule has 4 heteroatoms. The number of pyridine rings is 1. The Morgan fingerprint density at radius 1 is 1.04 bits per heavy atom. The number of nitrogens with zero attached hydrogens (tertiary/aromatic N) is 1. The Balaban J connectivity index is 1.64. The van der Waals surface area contributed by atoms with Crippen molar-refractivity contribution in [1.29, 1.82) is 0 Å². The molecule has 0 unspecified atom stereocenters. The Labute approximate surface area is 150 Å². The van der Waals surface area contributed by atoms with Crippen LogP contribution < -0.4 is 10.6 Å². The molecule has 1 aliphatic rings. The lowest BCUT2D eigenvalue weighted by molar-refractivity contribution is 0.102. The summed E-state index contributed by atoms with van der Waals surface area (Å²) in [5.74, 6) is 0.304. The smallest absolute Gasteiger partial charge is 0.274 e. The molecule has 0 saturated heterocycles. The van der Waals surface area contributed by atoms with Crippen LogP contribution >= 0.6 is 0 Å². The summed E-state index contributed by atoms with van der Waals surface area (Å²) in [6.45, 7) is 4.31. The van der Waals surface area contributed by atoms with Gasteiger partial charge in [-0.2, -0.15) is 0 Å². The van der Waals surface area contributed by atoms with Crippen LogP contribution in [-0.4, -0.2) is 16.9 Å². The molecule has 0 radical (unpaired) electrons. The highest BCUT2D eigenvalue weighted by atomic mass is 16.1. The summed E-state index contributed by atoms with van der Waals surface area (Å²) in [7, 11) is 0. The van der Waals surface area contributed by atoms with Crippen molar-refractivity contribution in [2.45, 2.75) is 57.9 Å². The van der Waals surface area contributed by atoms with Crippen molar-refractivity contribution >= 4 is 17.3 Å². The molecule has 1 heterocycles. The van der Waals surface area contributed by atoms with E-state index in [4.69, 9.17) is 0 Å². The number of aromatic nitrogens is 1.